The molecule has 2 aliphatic carbocycles. The molecule has 1 amide bonds. The van der Waals surface area contributed by atoms with Crippen molar-refractivity contribution in [3.8, 4) is 5.69 Å². The molecule has 5 nitrogen and oxygen atoms in total. The van der Waals surface area contributed by atoms with Crippen molar-refractivity contribution in [3.05, 3.63) is 46.8 Å². The smallest absolute Gasteiger partial charge is 0.274 e. The van der Waals surface area contributed by atoms with Gasteiger partial charge in [-0.1, -0.05) is 18.2 Å². The first kappa shape index (κ1) is 16.1. The zero-order valence-corrected chi connectivity index (χ0v) is 15.3. The van der Waals surface area contributed by atoms with E-state index >= 15 is 0 Å². The summed E-state index contributed by atoms with van der Waals surface area (Å²) in [5.41, 5.74) is 11.6. The van der Waals surface area contributed by atoms with E-state index in [0.29, 0.717) is 17.5 Å². The number of amides is 1. The number of carbonyl (C=O) groups is 1. The van der Waals surface area contributed by atoms with Gasteiger partial charge in [-0.25, -0.2) is 4.68 Å². The third kappa shape index (κ3) is 2.33. The third-order valence-corrected chi connectivity index (χ3v) is 6.68. The van der Waals surface area contributed by atoms with Crippen LogP contribution in [0.15, 0.2) is 24.3 Å². The molecule has 2 fully saturated rings. The highest BCUT2D eigenvalue weighted by molar-refractivity contribution is 5.94. The number of para-hydroxylation sites is 1. The average Bonchev–Trinajstić information content (AvgIpc) is 3.37. The van der Waals surface area contributed by atoms with Gasteiger partial charge in [0.25, 0.3) is 5.91 Å². The number of nitrogens with zero attached hydrogens (tertiary/aromatic N) is 3. The fourth-order valence-electron chi connectivity index (χ4n) is 5.23. The number of hydrogen-bond acceptors (Lipinski definition) is 3. The molecule has 5 heteroatoms. The average molecular weight is 350 g/mol. The van der Waals surface area contributed by atoms with Crippen molar-refractivity contribution < 1.29 is 4.79 Å². The first-order valence-corrected chi connectivity index (χ1v) is 9.85. The van der Waals surface area contributed by atoms with E-state index in [1.807, 2.05) is 21.7 Å². The van der Waals surface area contributed by atoms with Gasteiger partial charge in [-0.3, -0.25) is 4.79 Å². The molecule has 3 atom stereocenters. The quantitative estimate of drug-likeness (QED) is 0.905. The highest BCUT2D eigenvalue weighted by atomic mass is 16.2. The van der Waals surface area contributed by atoms with Crippen molar-refractivity contribution in [2.75, 3.05) is 13.1 Å². The minimum atomic E-state index is 0.108. The second kappa shape index (κ2) is 5.95. The van der Waals surface area contributed by atoms with E-state index in [2.05, 4.69) is 19.1 Å². The van der Waals surface area contributed by atoms with Crippen molar-refractivity contribution in [2.24, 2.45) is 17.6 Å². The number of carbonyl (C=O) groups excluding carboxylic acids is 1. The molecule has 1 aromatic carbocycles. The lowest BCUT2D eigenvalue weighted by molar-refractivity contribution is 0.0772. The predicted molar refractivity (Wildman–Crippen MR) is 100 cm³/mol. The Bertz CT molecular complexity index is 871. The summed E-state index contributed by atoms with van der Waals surface area (Å²) in [5, 5.41) is 4.81. The number of likely N-dealkylation sites (tertiary alicyclic amines) is 1. The summed E-state index contributed by atoms with van der Waals surface area (Å²) in [7, 11) is 0. The van der Waals surface area contributed by atoms with Crippen LogP contribution < -0.4 is 5.73 Å². The molecule has 136 valence electrons. The highest BCUT2D eigenvalue weighted by Crippen LogP contribution is 2.38. The van der Waals surface area contributed by atoms with E-state index in [1.54, 1.807) is 0 Å². The number of hydrogen-bond donors (Lipinski definition) is 1. The molecule has 1 saturated carbocycles. The van der Waals surface area contributed by atoms with Gasteiger partial charge in [0, 0.05) is 30.4 Å². The molecule has 2 aromatic rings. The standard InChI is InChI=1S/C21H26N4O/c1-13-5-2-3-7-18(13)25-19-8-4-6-15(19)20(23-25)21(26)24-11-14-9-10-17(22)16(14)12-24/h2-3,5,7,14,16-17H,4,6,8-12,22H2,1H3. The summed E-state index contributed by atoms with van der Waals surface area (Å²) in [6.45, 7) is 3.75. The van der Waals surface area contributed by atoms with E-state index in [1.165, 1.54) is 16.8 Å². The second-order valence-electron chi connectivity index (χ2n) is 8.20. The Morgan fingerprint density at radius 2 is 2.04 bits per heavy atom. The van der Waals surface area contributed by atoms with Gasteiger partial charge in [0.2, 0.25) is 0 Å². The molecule has 1 saturated heterocycles. The molecular formula is C21H26N4O. The summed E-state index contributed by atoms with van der Waals surface area (Å²) in [4.78, 5) is 15.3. The van der Waals surface area contributed by atoms with Gasteiger partial charge in [-0.05, 0) is 62.5 Å². The van der Waals surface area contributed by atoms with Gasteiger partial charge in [0.05, 0.1) is 5.69 Å². The molecule has 0 radical (unpaired) electrons. The summed E-state index contributed by atoms with van der Waals surface area (Å²) in [6, 6.07) is 8.53. The number of fused-ring (bicyclic) bond motifs is 2. The van der Waals surface area contributed by atoms with Crippen LogP contribution in [0, 0.1) is 18.8 Å². The lowest BCUT2D eigenvalue weighted by Crippen LogP contribution is -2.34. The Kier molecular flexibility index (Phi) is 3.67. The van der Waals surface area contributed by atoms with Gasteiger partial charge < -0.3 is 10.6 Å². The fourth-order valence-corrected chi connectivity index (χ4v) is 5.23. The monoisotopic (exact) mass is 350 g/mol. The van der Waals surface area contributed by atoms with Crippen molar-refractivity contribution >= 4 is 5.91 Å². The number of rotatable bonds is 2. The van der Waals surface area contributed by atoms with Gasteiger partial charge in [0.15, 0.2) is 5.69 Å². The summed E-state index contributed by atoms with van der Waals surface area (Å²) >= 11 is 0. The summed E-state index contributed by atoms with van der Waals surface area (Å²) in [5.74, 6) is 1.17. The maximum absolute atomic E-state index is 13.3. The van der Waals surface area contributed by atoms with Gasteiger partial charge in [-0.2, -0.15) is 5.10 Å². The van der Waals surface area contributed by atoms with Crippen molar-refractivity contribution in [1.82, 2.24) is 14.7 Å². The van der Waals surface area contributed by atoms with E-state index in [-0.39, 0.29) is 11.9 Å². The number of benzene rings is 1. The van der Waals surface area contributed by atoms with Crippen molar-refractivity contribution in [2.45, 2.75) is 45.1 Å². The highest BCUT2D eigenvalue weighted by Gasteiger charge is 2.43. The first-order valence-electron chi connectivity index (χ1n) is 9.85. The second-order valence-corrected chi connectivity index (χ2v) is 8.20. The normalized spacial score (nSPS) is 27.0. The van der Waals surface area contributed by atoms with E-state index in [9.17, 15) is 4.79 Å². The molecule has 0 spiro atoms. The maximum atomic E-state index is 13.3. The van der Waals surface area contributed by atoms with E-state index < -0.39 is 0 Å². The molecule has 26 heavy (non-hydrogen) atoms. The lowest BCUT2D eigenvalue weighted by Gasteiger charge is -2.18. The molecule has 5 rings (SSSR count). The molecule has 1 aromatic heterocycles. The minimum absolute atomic E-state index is 0.108. The topological polar surface area (TPSA) is 64.2 Å². The molecule has 3 unspecified atom stereocenters. The van der Waals surface area contributed by atoms with Crippen LogP contribution in [0.3, 0.4) is 0 Å². The van der Waals surface area contributed by atoms with Gasteiger partial charge in [0.1, 0.15) is 0 Å². The Morgan fingerprint density at radius 1 is 1.19 bits per heavy atom. The number of aryl methyl sites for hydroxylation is 1. The number of nitrogens with two attached hydrogens (primary N) is 1. The maximum Gasteiger partial charge on any atom is 0.274 e. The van der Waals surface area contributed by atoms with Crippen LogP contribution in [0.1, 0.15) is 46.6 Å². The van der Waals surface area contributed by atoms with Crippen LogP contribution in [0.5, 0.6) is 0 Å². The minimum Gasteiger partial charge on any atom is -0.337 e. The molecule has 3 aliphatic rings. The Hall–Kier alpha value is -2.14. The zero-order chi connectivity index (χ0) is 17.8. The van der Waals surface area contributed by atoms with Crippen LogP contribution in [-0.2, 0) is 12.8 Å². The summed E-state index contributed by atoms with van der Waals surface area (Å²) < 4.78 is 2.02. The summed E-state index contributed by atoms with van der Waals surface area (Å²) in [6.07, 6.45) is 5.33. The lowest BCUT2D eigenvalue weighted by atomic mass is 9.98. The van der Waals surface area contributed by atoms with Crippen LogP contribution in [0.2, 0.25) is 0 Å². The Labute approximate surface area is 154 Å². The number of aromatic nitrogens is 2. The zero-order valence-electron chi connectivity index (χ0n) is 15.3. The first-order chi connectivity index (χ1) is 12.6. The molecule has 0 bridgehead atoms. The fraction of sp³-hybridized carbons (Fsp3) is 0.524. The third-order valence-electron chi connectivity index (χ3n) is 6.68. The molecule has 2 N–H and O–H groups in total. The van der Waals surface area contributed by atoms with Crippen LogP contribution >= 0.6 is 0 Å². The van der Waals surface area contributed by atoms with Crippen molar-refractivity contribution in [1.29, 1.82) is 0 Å². The molecular weight excluding hydrogens is 324 g/mol. The Morgan fingerprint density at radius 3 is 2.85 bits per heavy atom. The Balaban J connectivity index is 1.50. The van der Waals surface area contributed by atoms with E-state index in [4.69, 9.17) is 10.8 Å². The molecule has 2 heterocycles. The van der Waals surface area contributed by atoms with Crippen molar-refractivity contribution in [3.63, 3.8) is 0 Å². The van der Waals surface area contributed by atoms with Crippen LogP contribution in [-0.4, -0.2) is 39.7 Å². The van der Waals surface area contributed by atoms with Crippen LogP contribution in [0.4, 0.5) is 0 Å². The van der Waals surface area contributed by atoms with Gasteiger partial charge >= 0.3 is 0 Å². The van der Waals surface area contributed by atoms with Crippen LogP contribution in [0.25, 0.3) is 5.69 Å². The largest absolute Gasteiger partial charge is 0.337 e. The van der Waals surface area contributed by atoms with E-state index in [0.717, 1.165) is 50.9 Å². The SMILES string of the molecule is Cc1ccccc1-n1nc(C(=O)N2CC3CCC(N)C3C2)c2c1CCC2. The van der Waals surface area contributed by atoms with Gasteiger partial charge in [-0.15, -0.1) is 0 Å². The predicted octanol–water partition coefficient (Wildman–Crippen LogP) is 2.48. The molecule has 1 aliphatic heterocycles.